The molecule has 1 heterocycles. The van der Waals surface area contributed by atoms with Crippen molar-refractivity contribution in [3.8, 4) is 0 Å². The predicted molar refractivity (Wildman–Crippen MR) is 113 cm³/mol. The zero-order chi connectivity index (χ0) is 21.0. The number of aromatic nitrogens is 2. The molecule has 29 heavy (non-hydrogen) atoms. The SMILES string of the molecule is CCN(CC)S(=O)(=O)c1ccc(CNC(=O)[C@@H](C)n2cnc3ccccc32)cc1. The van der Waals surface area contributed by atoms with Crippen molar-refractivity contribution < 1.29 is 13.2 Å². The number of nitrogens with zero attached hydrogens (tertiary/aromatic N) is 3. The molecule has 1 atom stereocenters. The van der Waals surface area contributed by atoms with Crippen molar-refractivity contribution in [2.45, 2.75) is 38.3 Å². The lowest BCUT2D eigenvalue weighted by Crippen LogP contribution is -2.31. The molecule has 3 aromatic rings. The fraction of sp³-hybridized carbons (Fsp3) is 0.333. The number of imidazole rings is 1. The summed E-state index contributed by atoms with van der Waals surface area (Å²) in [5.74, 6) is -0.131. The van der Waals surface area contributed by atoms with Crippen LogP contribution in [0.4, 0.5) is 0 Å². The lowest BCUT2D eigenvalue weighted by Gasteiger charge is -2.18. The van der Waals surface area contributed by atoms with E-state index in [9.17, 15) is 13.2 Å². The van der Waals surface area contributed by atoms with Gasteiger partial charge in [-0.15, -0.1) is 0 Å². The molecule has 0 aliphatic carbocycles. The number of hydrogen-bond acceptors (Lipinski definition) is 4. The smallest absolute Gasteiger partial charge is 0.243 e. The minimum absolute atomic E-state index is 0.131. The van der Waals surface area contributed by atoms with E-state index in [4.69, 9.17) is 0 Å². The van der Waals surface area contributed by atoms with Crippen LogP contribution < -0.4 is 5.32 Å². The number of sulfonamides is 1. The molecule has 1 N–H and O–H groups in total. The van der Waals surface area contributed by atoms with E-state index in [1.54, 1.807) is 30.6 Å². The topological polar surface area (TPSA) is 84.3 Å². The maximum Gasteiger partial charge on any atom is 0.243 e. The van der Waals surface area contributed by atoms with Gasteiger partial charge in [-0.05, 0) is 36.8 Å². The molecule has 0 unspecified atom stereocenters. The zero-order valence-corrected chi connectivity index (χ0v) is 17.7. The normalized spacial score (nSPS) is 13.0. The highest BCUT2D eigenvalue weighted by Gasteiger charge is 2.21. The summed E-state index contributed by atoms with van der Waals surface area (Å²) in [4.78, 5) is 17.2. The summed E-state index contributed by atoms with van der Waals surface area (Å²) in [6, 6.07) is 13.9. The molecule has 154 valence electrons. The van der Waals surface area contributed by atoms with Crippen LogP contribution >= 0.6 is 0 Å². The van der Waals surface area contributed by atoms with Gasteiger partial charge in [0.1, 0.15) is 6.04 Å². The van der Waals surface area contributed by atoms with E-state index in [-0.39, 0.29) is 10.8 Å². The Labute approximate surface area is 171 Å². The fourth-order valence-electron chi connectivity index (χ4n) is 3.24. The highest BCUT2D eigenvalue weighted by atomic mass is 32.2. The number of para-hydroxylation sites is 2. The molecule has 3 rings (SSSR count). The number of nitrogens with one attached hydrogen (secondary N) is 1. The van der Waals surface area contributed by atoms with Crippen LogP contribution in [0.1, 0.15) is 32.4 Å². The van der Waals surface area contributed by atoms with Gasteiger partial charge < -0.3 is 9.88 Å². The number of amides is 1. The summed E-state index contributed by atoms with van der Waals surface area (Å²) < 4.78 is 28.3. The molecule has 0 aliphatic rings. The average Bonchev–Trinajstić information content (AvgIpc) is 3.16. The van der Waals surface area contributed by atoms with E-state index >= 15 is 0 Å². The first kappa shape index (κ1) is 21.0. The van der Waals surface area contributed by atoms with E-state index in [0.29, 0.717) is 19.6 Å². The average molecular weight is 415 g/mol. The van der Waals surface area contributed by atoms with Gasteiger partial charge in [-0.1, -0.05) is 38.1 Å². The van der Waals surface area contributed by atoms with Gasteiger partial charge in [0.25, 0.3) is 0 Å². The summed E-state index contributed by atoms with van der Waals surface area (Å²) in [6.07, 6.45) is 1.67. The summed E-state index contributed by atoms with van der Waals surface area (Å²) in [5, 5.41) is 2.91. The minimum atomic E-state index is -3.48. The molecule has 0 saturated heterocycles. The van der Waals surface area contributed by atoms with Gasteiger partial charge in [-0.25, -0.2) is 13.4 Å². The van der Waals surface area contributed by atoms with Crippen LogP contribution in [-0.4, -0.2) is 41.3 Å². The molecule has 0 fully saturated rings. The van der Waals surface area contributed by atoms with Gasteiger partial charge in [0.15, 0.2) is 0 Å². The van der Waals surface area contributed by atoms with E-state index in [1.807, 2.05) is 49.6 Å². The number of fused-ring (bicyclic) bond motifs is 1. The number of carbonyl (C=O) groups excluding carboxylic acids is 1. The van der Waals surface area contributed by atoms with Gasteiger partial charge in [0, 0.05) is 19.6 Å². The Bertz CT molecular complexity index is 1090. The quantitative estimate of drug-likeness (QED) is 0.614. The second-order valence-corrected chi connectivity index (χ2v) is 8.71. The summed E-state index contributed by atoms with van der Waals surface area (Å²) in [5.41, 5.74) is 2.58. The van der Waals surface area contributed by atoms with E-state index < -0.39 is 16.1 Å². The van der Waals surface area contributed by atoms with Crippen molar-refractivity contribution in [2.24, 2.45) is 0 Å². The molecule has 1 amide bonds. The van der Waals surface area contributed by atoms with Gasteiger partial charge in [-0.2, -0.15) is 4.31 Å². The monoisotopic (exact) mass is 414 g/mol. The fourth-order valence-corrected chi connectivity index (χ4v) is 4.70. The second kappa shape index (κ2) is 8.75. The van der Waals surface area contributed by atoms with Crippen LogP contribution in [0, 0.1) is 0 Å². The van der Waals surface area contributed by atoms with Gasteiger partial charge in [0.2, 0.25) is 15.9 Å². The van der Waals surface area contributed by atoms with Crippen LogP contribution in [-0.2, 0) is 21.4 Å². The molecule has 7 nitrogen and oxygen atoms in total. The molecule has 0 spiro atoms. The molecule has 0 aliphatic heterocycles. The second-order valence-electron chi connectivity index (χ2n) is 6.77. The third kappa shape index (κ3) is 4.33. The van der Waals surface area contributed by atoms with Crippen LogP contribution in [0.3, 0.4) is 0 Å². The third-order valence-corrected chi connectivity index (χ3v) is 7.08. The van der Waals surface area contributed by atoms with Gasteiger partial charge in [-0.3, -0.25) is 4.79 Å². The molecule has 0 bridgehead atoms. The molecule has 2 aromatic carbocycles. The Kier molecular flexibility index (Phi) is 6.34. The first-order valence-electron chi connectivity index (χ1n) is 9.66. The van der Waals surface area contributed by atoms with Crippen molar-refractivity contribution in [1.82, 2.24) is 19.2 Å². The number of hydrogen-bond donors (Lipinski definition) is 1. The first-order valence-corrected chi connectivity index (χ1v) is 11.1. The number of benzene rings is 2. The maximum absolute atomic E-state index is 12.6. The molecule has 0 saturated carbocycles. The Morgan fingerprint density at radius 2 is 1.76 bits per heavy atom. The van der Waals surface area contributed by atoms with Crippen molar-refractivity contribution in [3.63, 3.8) is 0 Å². The number of carbonyl (C=O) groups is 1. The summed E-state index contributed by atoms with van der Waals surface area (Å²) >= 11 is 0. The van der Waals surface area contributed by atoms with Gasteiger partial charge >= 0.3 is 0 Å². The molecule has 1 aromatic heterocycles. The largest absolute Gasteiger partial charge is 0.350 e. The zero-order valence-electron chi connectivity index (χ0n) is 16.9. The Balaban J connectivity index is 1.66. The van der Waals surface area contributed by atoms with Crippen molar-refractivity contribution in [2.75, 3.05) is 13.1 Å². The van der Waals surface area contributed by atoms with E-state index in [2.05, 4.69) is 10.3 Å². The van der Waals surface area contributed by atoms with Crippen LogP contribution in [0.25, 0.3) is 11.0 Å². The van der Waals surface area contributed by atoms with Crippen molar-refractivity contribution >= 4 is 27.0 Å². The molecule has 0 radical (unpaired) electrons. The van der Waals surface area contributed by atoms with Crippen molar-refractivity contribution in [3.05, 3.63) is 60.4 Å². The Morgan fingerprint density at radius 3 is 2.41 bits per heavy atom. The lowest BCUT2D eigenvalue weighted by molar-refractivity contribution is -0.123. The maximum atomic E-state index is 12.6. The predicted octanol–water partition coefficient (Wildman–Crippen LogP) is 2.94. The number of rotatable bonds is 8. The van der Waals surface area contributed by atoms with E-state index in [1.165, 1.54) is 4.31 Å². The summed E-state index contributed by atoms with van der Waals surface area (Å²) in [7, 11) is -3.48. The Morgan fingerprint density at radius 1 is 1.10 bits per heavy atom. The molecule has 8 heteroatoms. The van der Waals surface area contributed by atoms with Crippen molar-refractivity contribution in [1.29, 1.82) is 0 Å². The molecular weight excluding hydrogens is 388 g/mol. The highest BCUT2D eigenvalue weighted by Crippen LogP contribution is 2.18. The van der Waals surface area contributed by atoms with Gasteiger partial charge in [0.05, 0.1) is 22.3 Å². The van der Waals surface area contributed by atoms with Crippen LogP contribution in [0.15, 0.2) is 59.8 Å². The third-order valence-electron chi connectivity index (χ3n) is 5.01. The lowest BCUT2D eigenvalue weighted by atomic mass is 10.2. The Hall–Kier alpha value is -2.71. The van der Waals surface area contributed by atoms with Crippen LogP contribution in [0.5, 0.6) is 0 Å². The minimum Gasteiger partial charge on any atom is -0.350 e. The standard InChI is InChI=1S/C21H26N4O3S/c1-4-24(5-2)29(27,28)18-12-10-17(11-13-18)14-22-21(26)16(3)25-15-23-19-8-6-7-9-20(19)25/h6-13,15-16H,4-5,14H2,1-3H3,(H,22,26)/t16-/m1/s1. The highest BCUT2D eigenvalue weighted by molar-refractivity contribution is 7.89. The van der Waals surface area contributed by atoms with E-state index in [0.717, 1.165) is 16.6 Å². The molecular formula is C21H26N4O3S. The first-order chi connectivity index (χ1) is 13.9. The van der Waals surface area contributed by atoms with Crippen LogP contribution in [0.2, 0.25) is 0 Å². The summed E-state index contributed by atoms with van der Waals surface area (Å²) in [6.45, 7) is 6.63.